The summed E-state index contributed by atoms with van der Waals surface area (Å²) < 4.78 is 4.81. The van der Waals surface area contributed by atoms with Gasteiger partial charge in [0.05, 0.1) is 6.61 Å². The molecule has 0 aliphatic rings. The Kier molecular flexibility index (Phi) is 4.61. The first kappa shape index (κ1) is 11.5. The summed E-state index contributed by atoms with van der Waals surface area (Å²) in [5.41, 5.74) is 2.31. The molecule has 2 heteroatoms. The fourth-order valence-electron chi connectivity index (χ4n) is 1.37. The molecule has 1 aromatic rings. The van der Waals surface area contributed by atoms with E-state index < -0.39 is 0 Å². The zero-order chi connectivity index (χ0) is 11.1. The molecule has 2 nitrogen and oxygen atoms in total. The van der Waals surface area contributed by atoms with Gasteiger partial charge < -0.3 is 4.74 Å². The molecule has 0 N–H and O–H groups in total. The molecule has 0 spiro atoms. The Balaban J connectivity index is 2.75. The largest absolute Gasteiger partial charge is 0.463 e. The maximum Gasteiger partial charge on any atom is 0.330 e. The number of hydrogen-bond donors (Lipinski definition) is 0. The molecule has 0 unspecified atom stereocenters. The average molecular weight is 204 g/mol. The van der Waals surface area contributed by atoms with Gasteiger partial charge >= 0.3 is 5.97 Å². The lowest BCUT2D eigenvalue weighted by molar-refractivity contribution is -0.137. The number of carbonyl (C=O) groups is 1. The fourth-order valence-corrected chi connectivity index (χ4v) is 1.37. The number of esters is 1. The van der Waals surface area contributed by atoms with Gasteiger partial charge in [0.15, 0.2) is 0 Å². The predicted octanol–water partition coefficient (Wildman–Crippen LogP) is 2.83. The van der Waals surface area contributed by atoms with Gasteiger partial charge in [-0.25, -0.2) is 4.79 Å². The van der Waals surface area contributed by atoms with Gasteiger partial charge in [-0.2, -0.15) is 0 Å². The summed E-state index contributed by atoms with van der Waals surface area (Å²) in [4.78, 5) is 11.1. The van der Waals surface area contributed by atoms with E-state index in [0.717, 1.165) is 12.0 Å². The van der Waals surface area contributed by atoms with Crippen molar-refractivity contribution in [1.29, 1.82) is 0 Å². The first-order valence-electron chi connectivity index (χ1n) is 5.20. The smallest absolute Gasteiger partial charge is 0.330 e. The molecule has 0 saturated carbocycles. The Labute approximate surface area is 90.6 Å². The second kappa shape index (κ2) is 6.02. The van der Waals surface area contributed by atoms with Crippen molar-refractivity contribution in [3.63, 3.8) is 0 Å². The van der Waals surface area contributed by atoms with E-state index >= 15 is 0 Å². The van der Waals surface area contributed by atoms with E-state index in [4.69, 9.17) is 4.74 Å². The highest BCUT2D eigenvalue weighted by atomic mass is 16.5. The molecule has 0 atom stereocenters. The van der Waals surface area contributed by atoms with Crippen molar-refractivity contribution in [1.82, 2.24) is 0 Å². The topological polar surface area (TPSA) is 26.3 Å². The van der Waals surface area contributed by atoms with Crippen LogP contribution in [0.2, 0.25) is 0 Å². The molecule has 0 saturated heterocycles. The summed E-state index contributed by atoms with van der Waals surface area (Å²) >= 11 is 0. The Hall–Kier alpha value is -1.57. The highest BCUT2D eigenvalue weighted by molar-refractivity contribution is 5.87. The molecular weight excluding hydrogens is 188 g/mol. The number of rotatable bonds is 4. The van der Waals surface area contributed by atoms with E-state index in [0.29, 0.717) is 6.61 Å². The Morgan fingerprint density at radius 2 is 2.07 bits per heavy atom. The van der Waals surface area contributed by atoms with Crippen molar-refractivity contribution in [2.45, 2.75) is 20.3 Å². The maximum absolute atomic E-state index is 11.1. The third-order valence-electron chi connectivity index (χ3n) is 2.12. The van der Waals surface area contributed by atoms with Gasteiger partial charge in [-0.3, -0.25) is 0 Å². The van der Waals surface area contributed by atoms with Crippen molar-refractivity contribution in [3.05, 3.63) is 41.5 Å². The fraction of sp³-hybridized carbons (Fsp3) is 0.308. The summed E-state index contributed by atoms with van der Waals surface area (Å²) in [6.07, 6.45) is 4.23. The van der Waals surface area contributed by atoms with Crippen LogP contribution in [0.4, 0.5) is 0 Å². The molecule has 0 heterocycles. The van der Waals surface area contributed by atoms with E-state index in [1.807, 2.05) is 18.2 Å². The van der Waals surface area contributed by atoms with Gasteiger partial charge in [-0.1, -0.05) is 31.2 Å². The Morgan fingerprint density at radius 1 is 1.33 bits per heavy atom. The van der Waals surface area contributed by atoms with E-state index in [1.165, 1.54) is 11.6 Å². The first-order valence-corrected chi connectivity index (χ1v) is 5.20. The molecule has 15 heavy (non-hydrogen) atoms. The monoisotopic (exact) mass is 204 g/mol. The van der Waals surface area contributed by atoms with Crippen molar-refractivity contribution in [2.75, 3.05) is 6.61 Å². The van der Waals surface area contributed by atoms with Crippen LogP contribution in [0.5, 0.6) is 0 Å². The molecule has 1 rings (SSSR count). The van der Waals surface area contributed by atoms with Crippen molar-refractivity contribution in [2.24, 2.45) is 0 Å². The summed E-state index contributed by atoms with van der Waals surface area (Å²) in [5, 5.41) is 0. The zero-order valence-electron chi connectivity index (χ0n) is 9.19. The second-order valence-corrected chi connectivity index (χ2v) is 3.14. The minimum absolute atomic E-state index is 0.289. The maximum atomic E-state index is 11.1. The molecule has 0 bridgehead atoms. The quantitative estimate of drug-likeness (QED) is 0.557. The van der Waals surface area contributed by atoms with Gasteiger partial charge in [0, 0.05) is 6.08 Å². The van der Waals surface area contributed by atoms with E-state index in [-0.39, 0.29) is 5.97 Å². The lowest BCUT2D eigenvalue weighted by atomic mass is 10.1. The first-order chi connectivity index (χ1) is 7.27. The van der Waals surface area contributed by atoms with Gasteiger partial charge in [0.1, 0.15) is 0 Å². The van der Waals surface area contributed by atoms with Crippen LogP contribution in [-0.4, -0.2) is 12.6 Å². The minimum atomic E-state index is -0.289. The Bertz CT molecular complexity index is 353. The van der Waals surface area contributed by atoms with Crippen molar-refractivity contribution < 1.29 is 9.53 Å². The summed E-state index contributed by atoms with van der Waals surface area (Å²) in [5.74, 6) is -0.289. The van der Waals surface area contributed by atoms with E-state index in [9.17, 15) is 4.79 Å². The van der Waals surface area contributed by atoms with Crippen LogP contribution in [0.1, 0.15) is 25.0 Å². The molecule has 0 amide bonds. The standard InChI is InChI=1S/C13H16O2/c1-3-11-7-5-6-8-12(11)9-10-13(14)15-4-2/h5-10H,3-4H2,1-2H3/b10-9+. The Morgan fingerprint density at radius 3 is 2.73 bits per heavy atom. The number of benzene rings is 1. The van der Waals surface area contributed by atoms with Crippen LogP contribution < -0.4 is 0 Å². The molecule has 0 fully saturated rings. The number of aryl methyl sites for hydroxylation is 1. The molecule has 80 valence electrons. The number of carbonyl (C=O) groups excluding carboxylic acids is 1. The van der Waals surface area contributed by atoms with Crippen LogP contribution >= 0.6 is 0 Å². The third-order valence-corrected chi connectivity index (χ3v) is 2.12. The van der Waals surface area contributed by atoms with Crippen LogP contribution in [-0.2, 0) is 16.0 Å². The number of hydrogen-bond acceptors (Lipinski definition) is 2. The second-order valence-electron chi connectivity index (χ2n) is 3.14. The van der Waals surface area contributed by atoms with Gasteiger partial charge in [-0.05, 0) is 30.5 Å². The van der Waals surface area contributed by atoms with E-state index in [2.05, 4.69) is 13.0 Å². The number of ether oxygens (including phenoxy) is 1. The highest BCUT2D eigenvalue weighted by Gasteiger charge is 1.97. The average Bonchev–Trinajstić information content (AvgIpc) is 2.27. The molecule has 0 aromatic heterocycles. The molecule has 0 aliphatic heterocycles. The summed E-state index contributed by atoms with van der Waals surface area (Å²) in [7, 11) is 0. The third kappa shape index (κ3) is 3.58. The van der Waals surface area contributed by atoms with Crippen molar-refractivity contribution in [3.8, 4) is 0 Å². The van der Waals surface area contributed by atoms with E-state index in [1.54, 1.807) is 13.0 Å². The van der Waals surface area contributed by atoms with Gasteiger partial charge in [-0.15, -0.1) is 0 Å². The molecule has 0 aliphatic carbocycles. The molecular formula is C13H16O2. The molecule has 1 aromatic carbocycles. The summed E-state index contributed by atoms with van der Waals surface area (Å²) in [6.45, 7) is 4.31. The lowest BCUT2D eigenvalue weighted by Crippen LogP contribution is -1.98. The normalized spacial score (nSPS) is 10.5. The van der Waals surface area contributed by atoms with Crippen LogP contribution in [0, 0.1) is 0 Å². The lowest BCUT2D eigenvalue weighted by Gasteiger charge is -2.01. The highest BCUT2D eigenvalue weighted by Crippen LogP contribution is 2.11. The SMILES string of the molecule is CCOC(=O)/C=C/c1ccccc1CC. The van der Waals surface area contributed by atoms with Crippen molar-refractivity contribution >= 4 is 12.0 Å². The minimum Gasteiger partial charge on any atom is -0.463 e. The predicted molar refractivity (Wildman–Crippen MR) is 61.5 cm³/mol. The van der Waals surface area contributed by atoms with Crippen LogP contribution in [0.25, 0.3) is 6.08 Å². The summed E-state index contributed by atoms with van der Waals surface area (Å²) in [6, 6.07) is 8.02. The molecule has 0 radical (unpaired) electrons. The zero-order valence-corrected chi connectivity index (χ0v) is 9.19. The van der Waals surface area contributed by atoms with Crippen LogP contribution in [0.15, 0.2) is 30.3 Å². The van der Waals surface area contributed by atoms with Gasteiger partial charge in [0.2, 0.25) is 0 Å². The van der Waals surface area contributed by atoms with Gasteiger partial charge in [0.25, 0.3) is 0 Å². The van der Waals surface area contributed by atoms with Crippen LogP contribution in [0.3, 0.4) is 0 Å².